The van der Waals surface area contributed by atoms with Gasteiger partial charge in [0, 0.05) is 43.8 Å². The summed E-state index contributed by atoms with van der Waals surface area (Å²) in [6.07, 6.45) is 7.13. The highest BCUT2D eigenvalue weighted by atomic mass is 35.5. The molecule has 0 saturated heterocycles. The Labute approximate surface area is 151 Å². The Morgan fingerprint density at radius 1 is 1.28 bits per heavy atom. The second kappa shape index (κ2) is 11.0. The molecule has 1 rings (SSSR count). The number of nitro groups is 1. The molecule has 0 bridgehead atoms. The van der Waals surface area contributed by atoms with Gasteiger partial charge in [0.05, 0.1) is 4.92 Å². The Morgan fingerprint density at radius 2 is 1.96 bits per heavy atom. The summed E-state index contributed by atoms with van der Waals surface area (Å²) in [7, 11) is 0. The summed E-state index contributed by atoms with van der Waals surface area (Å²) in [5.41, 5.74) is 0.506. The average Bonchev–Trinajstić information content (AvgIpc) is 2.62. The van der Waals surface area contributed by atoms with Crippen LogP contribution in [0, 0.1) is 22.5 Å². The van der Waals surface area contributed by atoms with E-state index in [1.807, 2.05) is 0 Å². The van der Waals surface area contributed by atoms with E-state index in [0.717, 1.165) is 0 Å². The Hall–Kier alpha value is -2.59. The predicted octanol–water partition coefficient (Wildman–Crippen LogP) is 2.48. The van der Waals surface area contributed by atoms with E-state index in [9.17, 15) is 19.7 Å². The van der Waals surface area contributed by atoms with Crippen LogP contribution in [0.5, 0.6) is 0 Å². The van der Waals surface area contributed by atoms with Gasteiger partial charge in [-0.15, -0.1) is 23.9 Å². The number of non-ortho nitro benzene ring substituents is 1. The number of nitro benzene ring substituents is 1. The van der Waals surface area contributed by atoms with E-state index in [0.29, 0.717) is 44.5 Å². The molecule has 0 aliphatic carbocycles. The second-order valence-corrected chi connectivity index (χ2v) is 5.48. The van der Waals surface area contributed by atoms with Crippen molar-refractivity contribution in [3.63, 3.8) is 0 Å². The molecule has 8 heteroatoms. The first-order chi connectivity index (χ1) is 12.0. The number of unbranched alkanes of at least 4 members (excludes halogenated alkanes) is 1. The van der Waals surface area contributed by atoms with Gasteiger partial charge in [0.1, 0.15) is 5.88 Å². The molecular formula is C17H20ClN3O4. The molecule has 25 heavy (non-hydrogen) atoms. The fourth-order valence-corrected chi connectivity index (χ4v) is 2.27. The molecule has 0 fully saturated rings. The molecule has 2 amide bonds. The quantitative estimate of drug-likeness (QED) is 0.226. The minimum Gasteiger partial charge on any atom is -0.356 e. The number of anilines is 1. The topological polar surface area (TPSA) is 92.6 Å². The Bertz CT molecular complexity index is 640. The van der Waals surface area contributed by atoms with Crippen molar-refractivity contribution in [1.82, 2.24) is 5.32 Å². The fourth-order valence-electron chi connectivity index (χ4n) is 2.12. The summed E-state index contributed by atoms with van der Waals surface area (Å²) >= 11 is 5.64. The van der Waals surface area contributed by atoms with Gasteiger partial charge in [-0.2, -0.15) is 0 Å². The third kappa shape index (κ3) is 7.23. The van der Waals surface area contributed by atoms with E-state index in [1.54, 1.807) is 0 Å². The largest absolute Gasteiger partial charge is 0.356 e. The van der Waals surface area contributed by atoms with Crippen LogP contribution < -0.4 is 10.2 Å². The number of carbonyl (C=O) groups is 2. The summed E-state index contributed by atoms with van der Waals surface area (Å²) < 4.78 is 0. The van der Waals surface area contributed by atoms with E-state index in [-0.39, 0.29) is 23.4 Å². The van der Waals surface area contributed by atoms with Gasteiger partial charge in [-0.25, -0.2) is 0 Å². The van der Waals surface area contributed by atoms with Gasteiger partial charge >= 0.3 is 0 Å². The SMILES string of the molecule is C#CCCC(=O)NCCCCN(C(=O)CCl)c1ccc([N+](=O)[O-])cc1. The number of carbonyl (C=O) groups excluding carboxylic acids is 2. The highest BCUT2D eigenvalue weighted by molar-refractivity contribution is 6.29. The standard InChI is InChI=1S/C17H20ClN3O4/c1-2-3-6-16(22)19-11-4-5-12-20(17(23)13-18)14-7-9-15(10-8-14)21(24)25/h1,7-10H,3-6,11-13H2,(H,19,22). The summed E-state index contributed by atoms with van der Waals surface area (Å²) in [6, 6.07) is 5.72. The number of benzene rings is 1. The van der Waals surface area contributed by atoms with Gasteiger partial charge in [-0.3, -0.25) is 19.7 Å². The first-order valence-electron chi connectivity index (χ1n) is 7.80. The summed E-state index contributed by atoms with van der Waals surface area (Å²) in [5.74, 6) is 1.84. The Morgan fingerprint density at radius 3 is 2.52 bits per heavy atom. The second-order valence-electron chi connectivity index (χ2n) is 5.21. The molecule has 0 aromatic heterocycles. The molecule has 0 unspecified atom stereocenters. The van der Waals surface area contributed by atoms with Crippen molar-refractivity contribution in [2.24, 2.45) is 0 Å². The van der Waals surface area contributed by atoms with Gasteiger partial charge in [0.15, 0.2) is 0 Å². The highest BCUT2D eigenvalue weighted by Crippen LogP contribution is 2.20. The lowest BCUT2D eigenvalue weighted by atomic mass is 10.2. The lowest BCUT2D eigenvalue weighted by Crippen LogP contribution is -2.33. The molecule has 0 spiro atoms. The van der Waals surface area contributed by atoms with Crippen LogP contribution >= 0.6 is 11.6 Å². The zero-order valence-electron chi connectivity index (χ0n) is 13.7. The number of nitrogens with one attached hydrogen (secondary N) is 1. The third-order valence-electron chi connectivity index (χ3n) is 3.41. The van der Waals surface area contributed by atoms with Crippen molar-refractivity contribution in [1.29, 1.82) is 0 Å². The van der Waals surface area contributed by atoms with E-state index in [1.165, 1.54) is 29.2 Å². The fraction of sp³-hybridized carbons (Fsp3) is 0.412. The molecule has 0 radical (unpaired) electrons. The maximum Gasteiger partial charge on any atom is 0.269 e. The average molecular weight is 366 g/mol. The molecule has 1 aromatic rings. The van der Waals surface area contributed by atoms with Gasteiger partial charge in [-0.1, -0.05) is 0 Å². The molecule has 0 aliphatic heterocycles. The van der Waals surface area contributed by atoms with Crippen LogP contribution in [0.2, 0.25) is 0 Å². The van der Waals surface area contributed by atoms with Crippen LogP contribution in [0.1, 0.15) is 25.7 Å². The summed E-state index contributed by atoms with van der Waals surface area (Å²) in [4.78, 5) is 35.1. The van der Waals surface area contributed by atoms with Crippen LogP contribution in [0.4, 0.5) is 11.4 Å². The van der Waals surface area contributed by atoms with Gasteiger partial charge in [-0.05, 0) is 25.0 Å². The van der Waals surface area contributed by atoms with Crippen molar-refractivity contribution >= 4 is 34.8 Å². The number of halogens is 1. The Balaban J connectivity index is 2.52. The van der Waals surface area contributed by atoms with Crippen LogP contribution in [-0.2, 0) is 9.59 Å². The van der Waals surface area contributed by atoms with Crippen LogP contribution in [0.15, 0.2) is 24.3 Å². The molecule has 0 heterocycles. The first kappa shape index (κ1) is 20.5. The number of hydrogen-bond donors (Lipinski definition) is 1. The van der Waals surface area contributed by atoms with E-state index in [4.69, 9.17) is 18.0 Å². The normalized spacial score (nSPS) is 9.92. The predicted molar refractivity (Wildman–Crippen MR) is 96.5 cm³/mol. The number of hydrogen-bond acceptors (Lipinski definition) is 4. The molecule has 7 nitrogen and oxygen atoms in total. The highest BCUT2D eigenvalue weighted by Gasteiger charge is 2.15. The summed E-state index contributed by atoms with van der Waals surface area (Å²) in [6.45, 7) is 0.899. The van der Waals surface area contributed by atoms with Crippen LogP contribution in [-0.4, -0.2) is 35.7 Å². The van der Waals surface area contributed by atoms with Gasteiger partial charge in [0.25, 0.3) is 5.69 Å². The molecule has 1 aromatic carbocycles. The number of nitrogens with zero attached hydrogens (tertiary/aromatic N) is 2. The van der Waals surface area contributed by atoms with E-state index >= 15 is 0 Å². The van der Waals surface area contributed by atoms with Crippen molar-refractivity contribution in [3.8, 4) is 12.3 Å². The first-order valence-corrected chi connectivity index (χ1v) is 8.34. The monoisotopic (exact) mass is 365 g/mol. The molecule has 0 saturated carbocycles. The van der Waals surface area contributed by atoms with Gasteiger partial charge in [0.2, 0.25) is 11.8 Å². The zero-order chi connectivity index (χ0) is 18.7. The van der Waals surface area contributed by atoms with Crippen molar-refractivity contribution in [2.45, 2.75) is 25.7 Å². The summed E-state index contributed by atoms with van der Waals surface area (Å²) in [5, 5.41) is 13.5. The van der Waals surface area contributed by atoms with Crippen LogP contribution in [0.3, 0.4) is 0 Å². The lowest BCUT2D eigenvalue weighted by Gasteiger charge is -2.22. The number of amides is 2. The van der Waals surface area contributed by atoms with Crippen molar-refractivity contribution in [3.05, 3.63) is 34.4 Å². The lowest BCUT2D eigenvalue weighted by molar-refractivity contribution is -0.384. The van der Waals surface area contributed by atoms with Gasteiger partial charge < -0.3 is 10.2 Å². The number of alkyl halides is 1. The zero-order valence-corrected chi connectivity index (χ0v) is 14.5. The molecule has 1 N–H and O–H groups in total. The molecular weight excluding hydrogens is 346 g/mol. The minimum absolute atomic E-state index is 0.0447. The van der Waals surface area contributed by atoms with Crippen LogP contribution in [0.25, 0.3) is 0 Å². The van der Waals surface area contributed by atoms with E-state index in [2.05, 4.69) is 11.2 Å². The van der Waals surface area contributed by atoms with Crippen molar-refractivity contribution in [2.75, 3.05) is 23.9 Å². The Kier molecular flexibility index (Phi) is 9.04. The van der Waals surface area contributed by atoms with E-state index < -0.39 is 4.92 Å². The minimum atomic E-state index is -0.500. The number of terminal acetylenes is 1. The maximum absolute atomic E-state index is 12.0. The maximum atomic E-state index is 12.0. The van der Waals surface area contributed by atoms with Crippen molar-refractivity contribution < 1.29 is 14.5 Å². The smallest absolute Gasteiger partial charge is 0.269 e. The molecule has 134 valence electrons. The molecule has 0 aliphatic rings. The number of rotatable bonds is 10. The third-order valence-corrected chi connectivity index (χ3v) is 3.64. The molecule has 0 atom stereocenters.